The zero-order chi connectivity index (χ0) is 35.0. The lowest BCUT2D eigenvalue weighted by molar-refractivity contribution is 0.670. The SMILES string of the molecule is Cc1ccc(-c2c3ccccc3c(-c3ccc4oc5c(-c6c7ccccc7c(-c7ccccc7)c7ccccc67)cccc5c4c3)c3ccccc23)s1. The van der Waals surface area contributed by atoms with Gasteiger partial charge in [0.2, 0.25) is 0 Å². The summed E-state index contributed by atoms with van der Waals surface area (Å²) in [5.74, 6) is 0. The van der Waals surface area contributed by atoms with Crippen LogP contribution in [0, 0.1) is 6.92 Å². The molecular weight excluding hydrogens is 661 g/mol. The maximum Gasteiger partial charge on any atom is 0.143 e. The first-order chi connectivity index (χ1) is 26.2. The van der Waals surface area contributed by atoms with E-state index in [1.165, 1.54) is 86.2 Å². The minimum absolute atomic E-state index is 0.894. The molecule has 9 aromatic carbocycles. The van der Waals surface area contributed by atoms with Crippen LogP contribution in [-0.4, -0.2) is 0 Å². The minimum Gasteiger partial charge on any atom is -0.455 e. The van der Waals surface area contributed by atoms with Gasteiger partial charge < -0.3 is 4.42 Å². The van der Waals surface area contributed by atoms with Crippen molar-refractivity contribution in [1.29, 1.82) is 0 Å². The number of hydrogen-bond donors (Lipinski definition) is 0. The Balaban J connectivity index is 1.18. The Morgan fingerprint density at radius 1 is 0.358 bits per heavy atom. The van der Waals surface area contributed by atoms with Crippen molar-refractivity contribution >= 4 is 76.4 Å². The van der Waals surface area contributed by atoms with Crippen LogP contribution in [-0.2, 0) is 0 Å². The Morgan fingerprint density at radius 3 is 1.40 bits per heavy atom. The summed E-state index contributed by atoms with van der Waals surface area (Å²) in [6, 6.07) is 64.1. The number of para-hydroxylation sites is 1. The first-order valence-corrected chi connectivity index (χ1v) is 19.0. The Labute approximate surface area is 311 Å². The molecule has 248 valence electrons. The molecule has 1 nitrogen and oxygen atoms in total. The molecule has 2 heteroatoms. The molecule has 2 aromatic heterocycles. The second-order valence-corrected chi connectivity index (χ2v) is 15.2. The van der Waals surface area contributed by atoms with E-state index in [2.05, 4.69) is 183 Å². The highest BCUT2D eigenvalue weighted by Crippen LogP contribution is 2.49. The molecule has 2 heterocycles. The molecular formula is C51H32OS. The zero-order valence-corrected chi connectivity index (χ0v) is 29.9. The molecule has 0 radical (unpaired) electrons. The molecule has 11 rings (SSSR count). The molecule has 0 aliphatic rings. The Bertz CT molecular complexity index is 3120. The fourth-order valence-corrected chi connectivity index (χ4v) is 9.70. The fourth-order valence-electron chi connectivity index (χ4n) is 8.76. The van der Waals surface area contributed by atoms with Crippen LogP contribution in [0.5, 0.6) is 0 Å². The Kier molecular flexibility index (Phi) is 6.71. The van der Waals surface area contributed by atoms with Gasteiger partial charge in [0, 0.05) is 37.2 Å². The summed E-state index contributed by atoms with van der Waals surface area (Å²) in [7, 11) is 0. The molecule has 0 saturated heterocycles. The number of fused-ring (bicyclic) bond motifs is 7. The number of furan rings is 1. The van der Waals surface area contributed by atoms with Crippen LogP contribution in [0.1, 0.15) is 4.88 Å². The highest BCUT2D eigenvalue weighted by atomic mass is 32.1. The third-order valence-corrected chi connectivity index (χ3v) is 12.0. The maximum atomic E-state index is 6.90. The summed E-state index contributed by atoms with van der Waals surface area (Å²) in [5, 5.41) is 12.2. The van der Waals surface area contributed by atoms with E-state index in [9.17, 15) is 0 Å². The van der Waals surface area contributed by atoms with Crippen LogP contribution in [0.4, 0.5) is 0 Å². The monoisotopic (exact) mass is 692 g/mol. The van der Waals surface area contributed by atoms with E-state index in [1.807, 2.05) is 11.3 Å². The maximum absolute atomic E-state index is 6.90. The van der Waals surface area contributed by atoms with Crippen molar-refractivity contribution in [2.24, 2.45) is 0 Å². The van der Waals surface area contributed by atoms with Crippen LogP contribution < -0.4 is 0 Å². The quantitative estimate of drug-likeness (QED) is 0.167. The Morgan fingerprint density at radius 2 is 0.849 bits per heavy atom. The fraction of sp³-hybridized carbons (Fsp3) is 0.0196. The van der Waals surface area contributed by atoms with Crippen molar-refractivity contribution in [1.82, 2.24) is 0 Å². The number of benzene rings is 9. The number of thiophene rings is 1. The third kappa shape index (κ3) is 4.56. The van der Waals surface area contributed by atoms with Gasteiger partial charge in [-0.3, -0.25) is 0 Å². The van der Waals surface area contributed by atoms with Gasteiger partial charge in [0.15, 0.2) is 0 Å². The molecule has 0 unspecified atom stereocenters. The molecule has 53 heavy (non-hydrogen) atoms. The van der Waals surface area contributed by atoms with Gasteiger partial charge in [-0.2, -0.15) is 0 Å². The first kappa shape index (κ1) is 30.2. The number of hydrogen-bond acceptors (Lipinski definition) is 2. The van der Waals surface area contributed by atoms with E-state index in [0.29, 0.717) is 0 Å². The van der Waals surface area contributed by atoms with Gasteiger partial charge in [0.25, 0.3) is 0 Å². The first-order valence-electron chi connectivity index (χ1n) is 18.2. The lowest BCUT2D eigenvalue weighted by Gasteiger charge is -2.17. The van der Waals surface area contributed by atoms with Gasteiger partial charge in [-0.15, -0.1) is 11.3 Å². The summed E-state index contributed by atoms with van der Waals surface area (Å²) in [5.41, 5.74) is 10.4. The molecule has 0 fully saturated rings. The standard InChI is InChI=1S/C51H32OS/c1-31-26-29-46(53-31)50-40-22-11-7-18-36(40)48(37-19-8-12-23-41(37)50)33-27-28-45-44(30-33)42-24-13-25-43(51(42)52-45)49-38-20-9-5-16-34(38)47(32-14-3-2-4-15-32)35-17-6-10-21-39(35)49/h2-30H,1H3. The predicted octanol–water partition coefficient (Wildman–Crippen LogP) is 15.2. The average molecular weight is 693 g/mol. The lowest BCUT2D eigenvalue weighted by atomic mass is 9.85. The normalized spacial score (nSPS) is 11.9. The van der Waals surface area contributed by atoms with Crippen LogP contribution in [0.15, 0.2) is 180 Å². The van der Waals surface area contributed by atoms with Crippen LogP contribution in [0.2, 0.25) is 0 Å². The van der Waals surface area contributed by atoms with Gasteiger partial charge in [0.1, 0.15) is 11.2 Å². The molecule has 0 bridgehead atoms. The summed E-state index contributed by atoms with van der Waals surface area (Å²) in [6.07, 6.45) is 0. The number of rotatable bonds is 4. The third-order valence-electron chi connectivity index (χ3n) is 11.0. The largest absolute Gasteiger partial charge is 0.455 e. The van der Waals surface area contributed by atoms with E-state index in [4.69, 9.17) is 4.42 Å². The second-order valence-electron chi connectivity index (χ2n) is 14.0. The molecule has 0 spiro atoms. The second kappa shape index (κ2) is 11.8. The van der Waals surface area contributed by atoms with Gasteiger partial charge >= 0.3 is 0 Å². The lowest BCUT2D eigenvalue weighted by Crippen LogP contribution is -1.91. The highest BCUT2D eigenvalue weighted by molar-refractivity contribution is 7.15. The molecule has 0 atom stereocenters. The van der Waals surface area contributed by atoms with E-state index >= 15 is 0 Å². The smallest absolute Gasteiger partial charge is 0.143 e. The van der Waals surface area contributed by atoms with Crippen molar-refractivity contribution in [2.75, 3.05) is 0 Å². The van der Waals surface area contributed by atoms with E-state index in [0.717, 1.165) is 27.5 Å². The number of aryl methyl sites for hydroxylation is 1. The van der Waals surface area contributed by atoms with Gasteiger partial charge in [0.05, 0.1) is 0 Å². The summed E-state index contributed by atoms with van der Waals surface area (Å²) in [4.78, 5) is 2.63. The molecule has 11 aromatic rings. The van der Waals surface area contributed by atoms with Crippen LogP contribution >= 0.6 is 11.3 Å². The van der Waals surface area contributed by atoms with Gasteiger partial charge in [-0.1, -0.05) is 152 Å². The van der Waals surface area contributed by atoms with Crippen molar-refractivity contribution in [3.8, 4) is 43.8 Å². The van der Waals surface area contributed by atoms with Crippen molar-refractivity contribution in [3.05, 3.63) is 181 Å². The Hall–Kier alpha value is -6.48. The summed E-state index contributed by atoms with van der Waals surface area (Å²) < 4.78 is 6.90. The molecule has 0 saturated carbocycles. The van der Waals surface area contributed by atoms with Crippen molar-refractivity contribution in [3.63, 3.8) is 0 Å². The van der Waals surface area contributed by atoms with Crippen LogP contribution in [0.3, 0.4) is 0 Å². The molecule has 0 N–H and O–H groups in total. The minimum atomic E-state index is 0.894. The molecule has 0 aliphatic carbocycles. The van der Waals surface area contributed by atoms with Crippen molar-refractivity contribution < 1.29 is 4.42 Å². The topological polar surface area (TPSA) is 13.1 Å². The summed E-state index contributed by atoms with van der Waals surface area (Å²) >= 11 is 1.86. The molecule has 0 amide bonds. The van der Waals surface area contributed by atoms with E-state index in [1.54, 1.807) is 0 Å². The zero-order valence-electron chi connectivity index (χ0n) is 29.1. The summed E-state index contributed by atoms with van der Waals surface area (Å²) in [6.45, 7) is 2.19. The van der Waals surface area contributed by atoms with Gasteiger partial charge in [-0.25, -0.2) is 0 Å². The van der Waals surface area contributed by atoms with Crippen LogP contribution in [0.25, 0.3) is 109 Å². The van der Waals surface area contributed by atoms with Gasteiger partial charge in [-0.05, 0) is 96.5 Å². The molecule has 0 aliphatic heterocycles. The van der Waals surface area contributed by atoms with E-state index in [-0.39, 0.29) is 0 Å². The highest BCUT2D eigenvalue weighted by Gasteiger charge is 2.22. The van der Waals surface area contributed by atoms with Crippen molar-refractivity contribution in [2.45, 2.75) is 6.92 Å². The average Bonchev–Trinajstić information content (AvgIpc) is 3.82. The van der Waals surface area contributed by atoms with E-state index < -0.39 is 0 Å². The predicted molar refractivity (Wildman–Crippen MR) is 228 cm³/mol.